The molecule has 0 spiro atoms. The molecule has 1 heterocycles. The fraction of sp³-hybridized carbons (Fsp3) is 0.842. The van der Waals surface area contributed by atoms with Crippen molar-refractivity contribution in [2.45, 2.75) is 20.1 Å². The van der Waals surface area contributed by atoms with E-state index in [0.29, 0.717) is 52.4 Å². The van der Waals surface area contributed by atoms with E-state index in [2.05, 4.69) is 0 Å². The van der Waals surface area contributed by atoms with Gasteiger partial charge in [0.25, 0.3) is 0 Å². The summed E-state index contributed by atoms with van der Waals surface area (Å²) >= 11 is 0. The molecular weight excluding hydrogens is 396 g/mol. The highest BCUT2D eigenvalue weighted by atomic mass is 16.5. The van der Waals surface area contributed by atoms with Crippen LogP contribution in [0.5, 0.6) is 0 Å². The van der Waals surface area contributed by atoms with Crippen molar-refractivity contribution in [2.75, 3.05) is 78.5 Å². The monoisotopic (exact) mass is 432 g/mol. The molecule has 0 aromatic heterocycles. The third-order valence-corrected chi connectivity index (χ3v) is 5.09. The molecule has 1 rings (SSSR count). The zero-order valence-electron chi connectivity index (χ0n) is 17.9. The first-order valence-corrected chi connectivity index (χ1v) is 10.3. The largest absolute Gasteiger partial charge is 0.480 e. The number of carboxylic acid groups (broad SMARTS) is 2. The fourth-order valence-corrected chi connectivity index (χ4v) is 3.25. The van der Waals surface area contributed by atoms with Crippen LogP contribution >= 0.6 is 0 Å². The Balaban J connectivity index is 2.94. The Morgan fingerprint density at radius 3 is 1.30 bits per heavy atom. The van der Waals surface area contributed by atoms with Crippen molar-refractivity contribution in [2.24, 2.45) is 5.92 Å². The lowest BCUT2D eigenvalue weighted by Gasteiger charge is -2.33. The smallest absolute Gasteiger partial charge is 0.317 e. The molecule has 0 atom stereocenters. The SMILES string of the molecule is CC(C)C(=O)CN1CCN(CC(=O)O)CCN(CC(=O)O)CCN(CC(O)O)CC1. The lowest BCUT2D eigenvalue weighted by Crippen LogP contribution is -2.49. The van der Waals surface area contributed by atoms with E-state index in [1.165, 1.54) is 0 Å². The second-order valence-electron chi connectivity index (χ2n) is 8.02. The normalized spacial score (nSPS) is 19.5. The standard InChI is InChI=1S/C19H36N4O7/c1-15(2)16(24)11-20-3-5-21(12-17(25)26)7-9-23(14-19(29)30)10-8-22(6-4-20)13-18(27)28/h15,17,25-26H,3-14H2,1-2H3,(H,27,28)(H,29,30). The number of carboxylic acids is 2. The van der Waals surface area contributed by atoms with E-state index in [9.17, 15) is 29.7 Å². The van der Waals surface area contributed by atoms with Crippen molar-refractivity contribution >= 4 is 17.7 Å². The summed E-state index contributed by atoms with van der Waals surface area (Å²) in [6, 6.07) is 0. The average molecular weight is 433 g/mol. The number of carbonyl (C=O) groups excluding carboxylic acids is 1. The number of Topliss-reactive ketones (excluding diaryl/α,β-unsaturated/α-hetero) is 1. The molecule has 0 unspecified atom stereocenters. The van der Waals surface area contributed by atoms with E-state index in [-0.39, 0.29) is 37.9 Å². The summed E-state index contributed by atoms with van der Waals surface area (Å²) in [5, 5.41) is 37.1. The first-order valence-electron chi connectivity index (χ1n) is 10.3. The van der Waals surface area contributed by atoms with Crippen LogP contribution in [0.2, 0.25) is 0 Å². The Morgan fingerprint density at radius 1 is 0.667 bits per heavy atom. The Bertz CT molecular complexity index is 559. The van der Waals surface area contributed by atoms with Crippen molar-refractivity contribution < 1.29 is 34.8 Å². The van der Waals surface area contributed by atoms with Crippen LogP contribution in [-0.4, -0.2) is 143 Å². The zero-order valence-corrected chi connectivity index (χ0v) is 17.9. The average Bonchev–Trinajstić information content (AvgIpc) is 2.62. The summed E-state index contributed by atoms with van der Waals surface area (Å²) in [7, 11) is 0. The summed E-state index contributed by atoms with van der Waals surface area (Å²) in [5.41, 5.74) is 0. The van der Waals surface area contributed by atoms with Crippen LogP contribution in [-0.2, 0) is 14.4 Å². The first kappa shape index (κ1) is 26.4. The van der Waals surface area contributed by atoms with Crippen molar-refractivity contribution in [3.63, 3.8) is 0 Å². The highest BCUT2D eigenvalue weighted by Gasteiger charge is 2.21. The molecular formula is C19H36N4O7. The van der Waals surface area contributed by atoms with Crippen LogP contribution in [0.15, 0.2) is 0 Å². The topological polar surface area (TPSA) is 145 Å². The highest BCUT2D eigenvalue weighted by molar-refractivity contribution is 5.82. The maximum Gasteiger partial charge on any atom is 0.317 e. The molecule has 0 amide bonds. The van der Waals surface area contributed by atoms with Crippen LogP contribution in [0.25, 0.3) is 0 Å². The van der Waals surface area contributed by atoms with E-state index in [0.717, 1.165) is 0 Å². The van der Waals surface area contributed by atoms with Gasteiger partial charge in [-0.1, -0.05) is 13.8 Å². The van der Waals surface area contributed by atoms with E-state index >= 15 is 0 Å². The number of aliphatic hydroxyl groups is 2. The number of nitrogens with zero attached hydrogens (tertiary/aromatic N) is 4. The van der Waals surface area contributed by atoms with Gasteiger partial charge in [0.05, 0.1) is 19.6 Å². The number of rotatable bonds is 9. The lowest BCUT2D eigenvalue weighted by atomic mass is 10.1. The zero-order chi connectivity index (χ0) is 22.7. The van der Waals surface area contributed by atoms with Gasteiger partial charge in [-0.25, -0.2) is 0 Å². The predicted molar refractivity (Wildman–Crippen MR) is 109 cm³/mol. The molecule has 11 heteroatoms. The predicted octanol–water partition coefficient (Wildman–Crippen LogP) is -2.09. The van der Waals surface area contributed by atoms with Gasteiger partial charge in [0.2, 0.25) is 0 Å². The minimum Gasteiger partial charge on any atom is -0.480 e. The van der Waals surface area contributed by atoms with Crippen LogP contribution in [0.4, 0.5) is 0 Å². The Kier molecular flexibility index (Phi) is 12.0. The second-order valence-corrected chi connectivity index (χ2v) is 8.02. The van der Waals surface area contributed by atoms with Crippen molar-refractivity contribution in [1.29, 1.82) is 0 Å². The van der Waals surface area contributed by atoms with E-state index in [1.807, 2.05) is 23.6 Å². The molecule has 0 bridgehead atoms. The summed E-state index contributed by atoms with van der Waals surface area (Å²) < 4.78 is 0. The highest BCUT2D eigenvalue weighted by Crippen LogP contribution is 2.04. The van der Waals surface area contributed by atoms with Gasteiger partial charge in [-0.05, 0) is 0 Å². The first-order chi connectivity index (χ1) is 14.1. The molecule has 1 fully saturated rings. The molecule has 174 valence electrons. The number of ketones is 1. The number of hydrogen-bond donors (Lipinski definition) is 4. The molecule has 0 saturated carbocycles. The van der Waals surface area contributed by atoms with Gasteiger partial charge >= 0.3 is 11.9 Å². The molecule has 30 heavy (non-hydrogen) atoms. The molecule has 1 aliphatic heterocycles. The summed E-state index contributed by atoms with van der Waals surface area (Å²) in [4.78, 5) is 41.9. The van der Waals surface area contributed by atoms with Gasteiger partial charge in [0.15, 0.2) is 6.29 Å². The van der Waals surface area contributed by atoms with Gasteiger partial charge < -0.3 is 20.4 Å². The number of aliphatic hydroxyl groups excluding tert-OH is 1. The minimum atomic E-state index is -1.51. The second kappa shape index (κ2) is 13.6. The maximum absolute atomic E-state index is 12.2. The van der Waals surface area contributed by atoms with Crippen molar-refractivity contribution in [3.8, 4) is 0 Å². The van der Waals surface area contributed by atoms with Crippen LogP contribution < -0.4 is 0 Å². The number of hydrogen-bond acceptors (Lipinski definition) is 9. The molecule has 1 aliphatic rings. The Hall–Kier alpha value is -1.63. The molecule has 4 N–H and O–H groups in total. The summed E-state index contributed by atoms with van der Waals surface area (Å²) in [6.07, 6.45) is -1.51. The maximum atomic E-state index is 12.2. The molecule has 0 aromatic carbocycles. The Labute approximate surface area is 177 Å². The van der Waals surface area contributed by atoms with Crippen LogP contribution in [0.3, 0.4) is 0 Å². The van der Waals surface area contributed by atoms with Crippen molar-refractivity contribution in [3.05, 3.63) is 0 Å². The fourth-order valence-electron chi connectivity index (χ4n) is 3.25. The quantitative estimate of drug-likeness (QED) is 0.298. The van der Waals surface area contributed by atoms with Gasteiger partial charge in [-0.15, -0.1) is 0 Å². The van der Waals surface area contributed by atoms with Crippen LogP contribution in [0.1, 0.15) is 13.8 Å². The van der Waals surface area contributed by atoms with E-state index in [4.69, 9.17) is 5.11 Å². The molecule has 1 saturated heterocycles. The summed E-state index contributed by atoms with van der Waals surface area (Å²) in [6.45, 7) is 7.09. The third-order valence-electron chi connectivity index (χ3n) is 5.09. The van der Waals surface area contributed by atoms with Gasteiger partial charge in [-0.3, -0.25) is 34.0 Å². The number of aliphatic carboxylic acids is 2. The Morgan fingerprint density at radius 2 is 1.00 bits per heavy atom. The summed E-state index contributed by atoms with van der Waals surface area (Å²) in [5.74, 6) is -1.95. The minimum absolute atomic E-state index is 0.0258. The number of β-amino-alcohol motifs (C(OH)–C–C–N with tert-alkyl or cyclic N) is 2. The molecule has 0 radical (unpaired) electrons. The van der Waals surface area contributed by atoms with Gasteiger partial charge in [0.1, 0.15) is 5.78 Å². The lowest BCUT2D eigenvalue weighted by molar-refractivity contribution is -0.140. The molecule has 0 aromatic rings. The van der Waals surface area contributed by atoms with E-state index in [1.54, 1.807) is 9.80 Å². The molecule has 0 aliphatic carbocycles. The van der Waals surface area contributed by atoms with Gasteiger partial charge in [0, 0.05) is 64.8 Å². The third kappa shape index (κ3) is 11.5. The molecule has 11 nitrogen and oxygen atoms in total. The van der Waals surface area contributed by atoms with Crippen LogP contribution in [0, 0.1) is 5.92 Å². The van der Waals surface area contributed by atoms with Crippen molar-refractivity contribution in [1.82, 2.24) is 19.6 Å². The van der Waals surface area contributed by atoms with E-state index < -0.39 is 18.2 Å². The number of carbonyl (C=O) groups is 3. The van der Waals surface area contributed by atoms with Gasteiger partial charge in [-0.2, -0.15) is 0 Å².